The Morgan fingerprint density at radius 2 is 1.90 bits per heavy atom. The van der Waals surface area contributed by atoms with Gasteiger partial charge >= 0.3 is 6.09 Å². The summed E-state index contributed by atoms with van der Waals surface area (Å²) >= 11 is 5.75. The van der Waals surface area contributed by atoms with Crippen molar-refractivity contribution < 1.29 is 38.0 Å². The number of hydrogen-bond donors (Lipinski definition) is 1. The SMILES string of the molecule is C=C(C#CC[N+](C)(C)C)OC(=O)Nc1ccc(Cl)cc1.[I-]. The summed E-state index contributed by atoms with van der Waals surface area (Å²) in [4.78, 5) is 11.6. The highest BCUT2D eigenvalue weighted by Gasteiger charge is 2.05. The fourth-order valence-corrected chi connectivity index (χ4v) is 1.32. The molecule has 0 aliphatic rings. The maximum atomic E-state index is 11.6. The van der Waals surface area contributed by atoms with E-state index in [0.29, 0.717) is 21.7 Å². The van der Waals surface area contributed by atoms with Gasteiger partial charge in [-0.2, -0.15) is 0 Å². The number of halogens is 2. The monoisotopic (exact) mass is 420 g/mol. The third-order valence-corrected chi connectivity index (χ3v) is 2.34. The largest absolute Gasteiger partial charge is 1.00 e. The Labute approximate surface area is 147 Å². The molecular weight excluding hydrogens is 403 g/mol. The van der Waals surface area contributed by atoms with E-state index in [-0.39, 0.29) is 29.7 Å². The Morgan fingerprint density at radius 3 is 2.43 bits per heavy atom. The number of anilines is 1. The Hall–Kier alpha value is -1.23. The van der Waals surface area contributed by atoms with Crippen molar-refractivity contribution in [2.24, 2.45) is 0 Å². The lowest BCUT2D eigenvalue weighted by atomic mass is 10.3. The molecule has 0 aromatic heterocycles. The van der Waals surface area contributed by atoms with Crippen LogP contribution in [-0.2, 0) is 4.74 Å². The van der Waals surface area contributed by atoms with Gasteiger partial charge in [-0.1, -0.05) is 11.6 Å². The lowest BCUT2D eigenvalue weighted by Crippen LogP contribution is -3.00. The van der Waals surface area contributed by atoms with Crippen LogP contribution in [0.15, 0.2) is 36.6 Å². The molecule has 0 aliphatic heterocycles. The average molecular weight is 421 g/mol. The Kier molecular flexibility index (Phi) is 8.40. The van der Waals surface area contributed by atoms with Crippen molar-refractivity contribution >= 4 is 23.4 Å². The first kappa shape index (κ1) is 19.8. The molecule has 0 spiro atoms. The summed E-state index contributed by atoms with van der Waals surface area (Å²) in [6.45, 7) is 4.23. The van der Waals surface area contributed by atoms with E-state index in [0.717, 1.165) is 0 Å². The predicted octanol–water partition coefficient (Wildman–Crippen LogP) is 0.116. The fraction of sp³-hybridized carbons (Fsp3) is 0.267. The molecule has 0 atom stereocenters. The van der Waals surface area contributed by atoms with E-state index in [9.17, 15) is 4.79 Å². The van der Waals surface area contributed by atoms with Crippen LogP contribution >= 0.6 is 11.6 Å². The summed E-state index contributed by atoms with van der Waals surface area (Å²) in [5.41, 5.74) is 0.589. The number of ether oxygens (including phenoxy) is 1. The van der Waals surface area contributed by atoms with E-state index in [2.05, 4.69) is 23.7 Å². The van der Waals surface area contributed by atoms with Crippen molar-refractivity contribution in [1.29, 1.82) is 0 Å². The third-order valence-electron chi connectivity index (χ3n) is 2.09. The number of benzene rings is 1. The van der Waals surface area contributed by atoms with Gasteiger partial charge in [0.1, 0.15) is 6.54 Å². The van der Waals surface area contributed by atoms with Gasteiger partial charge in [0.2, 0.25) is 0 Å². The molecule has 0 unspecified atom stereocenters. The quantitative estimate of drug-likeness (QED) is 0.326. The van der Waals surface area contributed by atoms with Crippen LogP contribution in [0.3, 0.4) is 0 Å². The van der Waals surface area contributed by atoms with Crippen LogP contribution in [-0.4, -0.2) is 38.3 Å². The molecule has 0 heterocycles. The minimum atomic E-state index is -0.628. The fourth-order valence-electron chi connectivity index (χ4n) is 1.19. The third kappa shape index (κ3) is 9.34. The number of nitrogens with zero attached hydrogens (tertiary/aromatic N) is 1. The number of amides is 1. The summed E-state index contributed by atoms with van der Waals surface area (Å²) in [6, 6.07) is 6.70. The van der Waals surface area contributed by atoms with Crippen LogP contribution in [0.4, 0.5) is 10.5 Å². The van der Waals surface area contributed by atoms with Crippen LogP contribution in [0.5, 0.6) is 0 Å². The van der Waals surface area contributed by atoms with Gasteiger partial charge in [-0.05, 0) is 42.7 Å². The van der Waals surface area contributed by atoms with Gasteiger partial charge in [-0.15, -0.1) is 0 Å². The standard InChI is InChI=1S/C15H17ClN2O2.HI/c1-12(6-5-11-18(2,3)4)20-15(19)17-14-9-7-13(16)8-10-14;/h7-10H,1,11H2,2-4H3;1H. The lowest BCUT2D eigenvalue weighted by molar-refractivity contribution is -0.862. The van der Waals surface area contributed by atoms with Crippen molar-refractivity contribution in [2.75, 3.05) is 33.0 Å². The van der Waals surface area contributed by atoms with Crippen molar-refractivity contribution in [3.8, 4) is 11.8 Å². The minimum Gasteiger partial charge on any atom is -1.00 e. The molecule has 0 bridgehead atoms. The molecule has 0 saturated carbocycles. The molecule has 1 N–H and O–H groups in total. The lowest BCUT2D eigenvalue weighted by Gasteiger charge is -2.19. The van der Waals surface area contributed by atoms with E-state index in [1.54, 1.807) is 24.3 Å². The molecule has 1 aromatic carbocycles. The van der Waals surface area contributed by atoms with Crippen molar-refractivity contribution in [3.05, 3.63) is 41.6 Å². The number of rotatable bonds is 3. The second-order valence-corrected chi connectivity index (χ2v) is 5.63. The van der Waals surface area contributed by atoms with E-state index in [1.165, 1.54) is 0 Å². The van der Waals surface area contributed by atoms with Crippen molar-refractivity contribution in [1.82, 2.24) is 0 Å². The first-order valence-corrected chi connectivity index (χ1v) is 6.37. The summed E-state index contributed by atoms with van der Waals surface area (Å²) in [5, 5.41) is 3.15. The number of nitrogens with one attached hydrogen (secondary N) is 1. The van der Waals surface area contributed by atoms with Gasteiger partial charge in [-0.25, -0.2) is 4.79 Å². The number of carbonyl (C=O) groups excluding carboxylic acids is 1. The molecule has 0 radical (unpaired) electrons. The van der Waals surface area contributed by atoms with Gasteiger partial charge in [0, 0.05) is 10.7 Å². The molecule has 1 amide bonds. The molecule has 1 rings (SSSR count). The van der Waals surface area contributed by atoms with Crippen LogP contribution in [0, 0.1) is 11.8 Å². The molecule has 114 valence electrons. The van der Waals surface area contributed by atoms with Crippen molar-refractivity contribution in [3.63, 3.8) is 0 Å². The zero-order valence-electron chi connectivity index (χ0n) is 12.2. The van der Waals surface area contributed by atoms with Gasteiger partial charge in [0.15, 0.2) is 5.76 Å². The number of quaternary nitrogens is 1. The summed E-state index contributed by atoms with van der Waals surface area (Å²) in [5.74, 6) is 5.72. The number of carbonyl (C=O) groups is 1. The first-order valence-electron chi connectivity index (χ1n) is 5.99. The second kappa shape index (κ2) is 8.93. The van der Waals surface area contributed by atoms with E-state index in [4.69, 9.17) is 16.3 Å². The molecule has 0 fully saturated rings. The normalized spacial score (nSPS) is 9.71. The van der Waals surface area contributed by atoms with Crippen LogP contribution < -0.4 is 29.3 Å². The highest BCUT2D eigenvalue weighted by atomic mass is 127. The van der Waals surface area contributed by atoms with Crippen molar-refractivity contribution in [2.45, 2.75) is 0 Å². The zero-order chi connectivity index (χ0) is 15.2. The highest BCUT2D eigenvalue weighted by molar-refractivity contribution is 6.30. The number of allylic oxidation sites excluding steroid dienone is 1. The first-order chi connectivity index (χ1) is 9.26. The van der Waals surface area contributed by atoms with Crippen LogP contribution in [0.25, 0.3) is 0 Å². The molecule has 1 aromatic rings. The summed E-state index contributed by atoms with van der Waals surface area (Å²) < 4.78 is 5.65. The predicted molar refractivity (Wildman–Crippen MR) is 81.4 cm³/mol. The zero-order valence-corrected chi connectivity index (χ0v) is 15.2. The topological polar surface area (TPSA) is 38.3 Å². The minimum absolute atomic E-state index is 0. The summed E-state index contributed by atoms with van der Waals surface area (Å²) in [7, 11) is 6.06. The maximum absolute atomic E-state index is 11.6. The average Bonchev–Trinajstić information content (AvgIpc) is 2.30. The Balaban J connectivity index is 0.00000400. The second-order valence-electron chi connectivity index (χ2n) is 5.19. The summed E-state index contributed by atoms with van der Waals surface area (Å²) in [6.07, 6.45) is -0.628. The smallest absolute Gasteiger partial charge is 0.417 e. The van der Waals surface area contributed by atoms with Crippen LogP contribution in [0.2, 0.25) is 5.02 Å². The molecule has 4 nitrogen and oxygen atoms in total. The van der Waals surface area contributed by atoms with Gasteiger partial charge in [-0.3, -0.25) is 5.32 Å². The Morgan fingerprint density at radius 1 is 1.33 bits per heavy atom. The highest BCUT2D eigenvalue weighted by Crippen LogP contribution is 2.13. The molecule has 0 aliphatic carbocycles. The van der Waals surface area contributed by atoms with E-state index >= 15 is 0 Å². The maximum Gasteiger partial charge on any atom is 0.417 e. The molecular formula is C15H18ClIN2O2. The van der Waals surface area contributed by atoms with Gasteiger partial charge < -0.3 is 33.2 Å². The molecule has 0 saturated heterocycles. The van der Waals surface area contributed by atoms with Gasteiger partial charge in [0.05, 0.1) is 21.1 Å². The van der Waals surface area contributed by atoms with E-state index < -0.39 is 6.09 Å². The molecule has 21 heavy (non-hydrogen) atoms. The number of hydrogen-bond acceptors (Lipinski definition) is 2. The molecule has 6 heteroatoms. The van der Waals surface area contributed by atoms with Crippen LogP contribution in [0.1, 0.15) is 0 Å². The van der Waals surface area contributed by atoms with E-state index in [1.807, 2.05) is 21.1 Å². The van der Waals surface area contributed by atoms with Gasteiger partial charge in [0.25, 0.3) is 0 Å². The Bertz CT molecular complexity index is 554.